The van der Waals surface area contributed by atoms with Crippen LogP contribution >= 0.6 is 0 Å². The Hall–Kier alpha value is -3.10. The molecule has 164 valence electrons. The Balaban J connectivity index is 1.91. The van der Waals surface area contributed by atoms with E-state index in [2.05, 4.69) is 9.73 Å². The number of hydrogen-bond acceptors (Lipinski definition) is 4. The number of likely N-dealkylation sites (N-methyl/N-ethyl adjacent to an activating group) is 1. The first-order valence-electron chi connectivity index (χ1n) is 9.85. The van der Waals surface area contributed by atoms with Crippen LogP contribution in [0.3, 0.4) is 0 Å². The maximum absolute atomic E-state index is 14.4. The highest BCUT2D eigenvalue weighted by atomic mass is 19.3. The molecule has 0 unspecified atom stereocenters. The normalized spacial score (nSPS) is 21.0. The molecule has 1 atom stereocenters. The minimum absolute atomic E-state index is 0.0396. The lowest BCUT2D eigenvalue weighted by Crippen LogP contribution is -2.41. The van der Waals surface area contributed by atoms with Crippen molar-refractivity contribution in [3.8, 4) is 5.75 Å². The molecule has 1 aliphatic carbocycles. The van der Waals surface area contributed by atoms with Crippen LogP contribution in [0.1, 0.15) is 41.0 Å². The van der Waals surface area contributed by atoms with Crippen molar-refractivity contribution < 1.29 is 27.1 Å². The zero-order valence-corrected chi connectivity index (χ0v) is 16.7. The summed E-state index contributed by atoms with van der Waals surface area (Å²) in [6.07, 6.45) is 1.52. The number of alkyl halides is 3. The molecule has 0 bridgehead atoms. The maximum Gasteiger partial charge on any atom is 0.387 e. The lowest BCUT2D eigenvalue weighted by molar-refractivity contribution is -0.129. The summed E-state index contributed by atoms with van der Waals surface area (Å²) in [5, 5.41) is 0. The number of hydrogen-bond donors (Lipinski definition) is 1. The number of halogens is 4. The second-order valence-electron chi connectivity index (χ2n) is 7.70. The van der Waals surface area contributed by atoms with E-state index in [1.807, 2.05) is 0 Å². The number of aliphatic imine (C=N–C) groups is 1. The quantitative estimate of drug-likeness (QED) is 0.672. The number of carbonyl (C=O) groups is 1. The summed E-state index contributed by atoms with van der Waals surface area (Å²) in [4.78, 5) is 19.0. The molecule has 1 heterocycles. The molecule has 1 aliphatic heterocycles. The molecular weight excluding hydrogens is 414 g/mol. The van der Waals surface area contributed by atoms with Gasteiger partial charge in [-0.3, -0.25) is 14.1 Å². The zero-order chi connectivity index (χ0) is 22.3. The topological polar surface area (TPSA) is 67.9 Å². The van der Waals surface area contributed by atoms with Crippen molar-refractivity contribution >= 4 is 11.9 Å². The van der Waals surface area contributed by atoms with Crippen LogP contribution in [0.25, 0.3) is 0 Å². The van der Waals surface area contributed by atoms with Crippen molar-refractivity contribution in [2.75, 3.05) is 13.7 Å². The molecule has 1 amide bonds. The lowest BCUT2D eigenvalue weighted by Gasteiger charge is -2.27. The van der Waals surface area contributed by atoms with E-state index >= 15 is 0 Å². The number of carbonyl (C=O) groups excluding carboxylic acids is 1. The van der Waals surface area contributed by atoms with Crippen LogP contribution in [0.5, 0.6) is 5.75 Å². The molecule has 0 radical (unpaired) electrons. The van der Waals surface area contributed by atoms with E-state index < -0.39 is 24.7 Å². The van der Waals surface area contributed by atoms with Gasteiger partial charge in [-0.15, -0.1) is 0 Å². The van der Waals surface area contributed by atoms with Gasteiger partial charge in [-0.25, -0.2) is 9.38 Å². The fourth-order valence-electron chi connectivity index (χ4n) is 3.97. The fraction of sp³-hybridized carbons (Fsp3) is 0.364. The number of nitrogens with two attached hydrogens (primary N) is 1. The Morgan fingerprint density at radius 1 is 1.23 bits per heavy atom. The molecule has 9 heteroatoms. The fourth-order valence-corrected chi connectivity index (χ4v) is 3.97. The monoisotopic (exact) mass is 435 g/mol. The van der Waals surface area contributed by atoms with Gasteiger partial charge in [-0.1, -0.05) is 12.1 Å². The van der Waals surface area contributed by atoms with Crippen molar-refractivity contribution in [2.45, 2.75) is 37.3 Å². The third kappa shape index (κ3) is 3.62. The lowest BCUT2D eigenvalue weighted by atomic mass is 9.81. The average molecular weight is 435 g/mol. The summed E-state index contributed by atoms with van der Waals surface area (Å²) < 4.78 is 57.5. The minimum atomic E-state index is -3.08. The smallest absolute Gasteiger partial charge is 0.387 e. The highest BCUT2D eigenvalue weighted by Crippen LogP contribution is 2.45. The SMILES string of the molecule is CN1C(=O)[C@](c2ccc(OC(F)F)c(CCF)c2)(c2ccc(F)c(C3CC3)c2)N=C1N. The van der Waals surface area contributed by atoms with Crippen LogP contribution in [-0.2, 0) is 16.8 Å². The molecule has 0 aromatic heterocycles. The maximum atomic E-state index is 14.4. The van der Waals surface area contributed by atoms with Gasteiger partial charge in [0.1, 0.15) is 11.6 Å². The summed E-state index contributed by atoms with van der Waals surface area (Å²) in [7, 11) is 1.46. The van der Waals surface area contributed by atoms with E-state index in [1.165, 1.54) is 42.3 Å². The highest BCUT2D eigenvalue weighted by Gasteiger charge is 2.50. The largest absolute Gasteiger partial charge is 0.435 e. The van der Waals surface area contributed by atoms with Gasteiger partial charge in [0.2, 0.25) is 0 Å². The molecule has 0 saturated heterocycles. The van der Waals surface area contributed by atoms with Gasteiger partial charge in [0, 0.05) is 13.5 Å². The van der Waals surface area contributed by atoms with Gasteiger partial charge in [-0.05, 0) is 65.3 Å². The van der Waals surface area contributed by atoms with Gasteiger partial charge >= 0.3 is 6.61 Å². The van der Waals surface area contributed by atoms with E-state index in [-0.39, 0.29) is 35.4 Å². The third-order valence-electron chi connectivity index (χ3n) is 5.73. The van der Waals surface area contributed by atoms with Gasteiger partial charge in [0.15, 0.2) is 11.5 Å². The minimum Gasteiger partial charge on any atom is -0.435 e. The Kier molecular flexibility index (Phi) is 5.36. The summed E-state index contributed by atoms with van der Waals surface area (Å²) in [6.45, 7) is -3.89. The molecule has 2 aromatic carbocycles. The molecule has 31 heavy (non-hydrogen) atoms. The van der Waals surface area contributed by atoms with Gasteiger partial charge < -0.3 is 10.5 Å². The third-order valence-corrected chi connectivity index (χ3v) is 5.73. The van der Waals surface area contributed by atoms with Crippen molar-refractivity contribution in [3.05, 3.63) is 64.5 Å². The van der Waals surface area contributed by atoms with E-state index in [9.17, 15) is 22.4 Å². The second kappa shape index (κ2) is 7.86. The first kappa shape index (κ1) is 21.1. The zero-order valence-electron chi connectivity index (χ0n) is 16.7. The molecular formula is C22H21F4N3O2. The van der Waals surface area contributed by atoms with Crippen molar-refractivity contribution in [2.24, 2.45) is 10.7 Å². The van der Waals surface area contributed by atoms with Gasteiger partial charge in [0.05, 0.1) is 6.67 Å². The Labute approximate surface area is 176 Å². The van der Waals surface area contributed by atoms with Crippen LogP contribution < -0.4 is 10.5 Å². The van der Waals surface area contributed by atoms with E-state index in [0.717, 1.165) is 12.8 Å². The van der Waals surface area contributed by atoms with E-state index in [1.54, 1.807) is 6.07 Å². The van der Waals surface area contributed by atoms with Crippen LogP contribution in [0, 0.1) is 5.82 Å². The first-order chi connectivity index (χ1) is 14.8. The molecule has 2 aliphatic rings. The summed E-state index contributed by atoms with van der Waals surface area (Å²) >= 11 is 0. The number of ether oxygens (including phenoxy) is 1. The van der Waals surface area contributed by atoms with Crippen molar-refractivity contribution in [3.63, 3.8) is 0 Å². The molecule has 0 spiro atoms. The standard InChI is InChI=1S/C22H21F4N3O2/c1-29-19(30)22(28-21(29)27,15-4-6-17(24)16(11-15)12-2-3-12)14-5-7-18(31-20(25)26)13(10-14)8-9-23/h4-7,10-12,20H,2-3,8-9H2,1H3,(H2,27,28)/t22-/m0/s1. The number of rotatable bonds is 7. The molecule has 2 N–H and O–H groups in total. The number of aryl methyl sites for hydroxylation is 1. The first-order valence-corrected chi connectivity index (χ1v) is 9.85. The average Bonchev–Trinajstić information content (AvgIpc) is 3.54. The molecule has 5 nitrogen and oxygen atoms in total. The van der Waals surface area contributed by atoms with Crippen LogP contribution in [-0.4, -0.2) is 37.1 Å². The Bertz CT molecular complexity index is 1060. The molecule has 1 fully saturated rings. The molecule has 1 saturated carbocycles. The molecule has 2 aromatic rings. The number of benzene rings is 2. The van der Waals surface area contributed by atoms with E-state index in [4.69, 9.17) is 5.73 Å². The predicted molar refractivity (Wildman–Crippen MR) is 106 cm³/mol. The van der Waals surface area contributed by atoms with Gasteiger partial charge in [-0.2, -0.15) is 8.78 Å². The summed E-state index contributed by atoms with van der Waals surface area (Å²) in [5.41, 5.74) is 5.69. The van der Waals surface area contributed by atoms with Crippen LogP contribution in [0.2, 0.25) is 0 Å². The van der Waals surface area contributed by atoms with Crippen LogP contribution in [0.4, 0.5) is 17.6 Å². The van der Waals surface area contributed by atoms with Crippen LogP contribution in [0.15, 0.2) is 41.4 Å². The van der Waals surface area contributed by atoms with Crippen molar-refractivity contribution in [1.82, 2.24) is 4.90 Å². The van der Waals surface area contributed by atoms with Gasteiger partial charge in [0.25, 0.3) is 5.91 Å². The predicted octanol–water partition coefficient (Wildman–Crippen LogP) is 3.85. The number of guanidine groups is 1. The van der Waals surface area contributed by atoms with Crippen molar-refractivity contribution in [1.29, 1.82) is 0 Å². The summed E-state index contributed by atoms with van der Waals surface area (Å²) in [5.74, 6) is -0.984. The van der Waals surface area contributed by atoms with E-state index in [0.29, 0.717) is 16.7 Å². The Morgan fingerprint density at radius 3 is 2.48 bits per heavy atom. The second-order valence-corrected chi connectivity index (χ2v) is 7.70. The summed E-state index contributed by atoms with van der Waals surface area (Å²) in [6, 6.07) is 8.47. The Morgan fingerprint density at radius 2 is 1.90 bits per heavy atom. The number of nitrogens with zero attached hydrogens (tertiary/aromatic N) is 2. The number of amides is 1. The molecule has 4 rings (SSSR count). The highest BCUT2D eigenvalue weighted by molar-refractivity contribution is 6.09.